The molecule has 0 heterocycles. The summed E-state index contributed by atoms with van der Waals surface area (Å²) in [4.78, 5) is 12.0. The van der Waals surface area contributed by atoms with Crippen molar-refractivity contribution in [2.75, 3.05) is 0 Å². The third-order valence-corrected chi connectivity index (χ3v) is 3.04. The van der Waals surface area contributed by atoms with Gasteiger partial charge in [0, 0.05) is 6.42 Å². The summed E-state index contributed by atoms with van der Waals surface area (Å²) in [5, 5.41) is 0. The molecule has 0 amide bonds. The number of Topliss-reactive ketones (excluding diaryl/α,β-unsaturated/α-hetero) is 1. The smallest absolute Gasteiger partial charge is 0.166 e. The maximum Gasteiger partial charge on any atom is 0.166 e. The topological polar surface area (TPSA) is 17.1 Å². The first-order valence-electron chi connectivity index (χ1n) is 6.59. The van der Waals surface area contributed by atoms with Crippen LogP contribution in [-0.4, -0.2) is 5.78 Å². The van der Waals surface area contributed by atoms with Crippen LogP contribution < -0.4 is 0 Å². The molecule has 3 heteroatoms. The van der Waals surface area contributed by atoms with Crippen LogP contribution in [0.5, 0.6) is 0 Å². The Balaban J connectivity index is 2.82. The number of hydrogen-bond acceptors (Lipinski definition) is 1. The standard InChI is InChI=1S/C16H22F2O/c1-10(9-16(3,4)5)6-15(19)12-8-13(17)11(2)7-14(12)18/h7-8,10H,6,9H2,1-5H3. The van der Waals surface area contributed by atoms with Crippen LogP contribution in [0.4, 0.5) is 8.78 Å². The van der Waals surface area contributed by atoms with Crippen molar-refractivity contribution >= 4 is 5.78 Å². The van der Waals surface area contributed by atoms with Crippen molar-refractivity contribution in [2.45, 2.75) is 47.5 Å². The van der Waals surface area contributed by atoms with E-state index < -0.39 is 11.6 Å². The Labute approximate surface area is 114 Å². The van der Waals surface area contributed by atoms with Gasteiger partial charge < -0.3 is 0 Å². The summed E-state index contributed by atoms with van der Waals surface area (Å²) in [5.74, 6) is -1.34. The molecule has 0 aromatic heterocycles. The van der Waals surface area contributed by atoms with Gasteiger partial charge in [0.2, 0.25) is 0 Å². The van der Waals surface area contributed by atoms with E-state index in [1.54, 1.807) is 0 Å². The van der Waals surface area contributed by atoms with E-state index in [0.717, 1.165) is 18.6 Å². The number of hydrogen-bond donors (Lipinski definition) is 0. The molecule has 0 N–H and O–H groups in total. The van der Waals surface area contributed by atoms with E-state index in [2.05, 4.69) is 20.8 Å². The van der Waals surface area contributed by atoms with Gasteiger partial charge in [-0.15, -0.1) is 0 Å². The second-order valence-electron chi connectivity index (χ2n) is 6.58. The normalized spacial score (nSPS) is 13.4. The Morgan fingerprint density at radius 1 is 1.21 bits per heavy atom. The summed E-state index contributed by atoms with van der Waals surface area (Å²) in [7, 11) is 0. The summed E-state index contributed by atoms with van der Waals surface area (Å²) in [6.07, 6.45) is 1.12. The SMILES string of the molecule is Cc1cc(F)c(C(=O)CC(C)CC(C)(C)C)cc1F. The van der Waals surface area contributed by atoms with Gasteiger partial charge in [0.25, 0.3) is 0 Å². The molecule has 1 nitrogen and oxygen atoms in total. The van der Waals surface area contributed by atoms with Gasteiger partial charge in [-0.1, -0.05) is 27.7 Å². The summed E-state index contributed by atoms with van der Waals surface area (Å²) in [6.45, 7) is 9.74. The lowest BCUT2D eigenvalue weighted by Gasteiger charge is -2.22. The van der Waals surface area contributed by atoms with Crippen LogP contribution in [0.15, 0.2) is 12.1 Å². The highest BCUT2D eigenvalue weighted by Crippen LogP contribution is 2.27. The fraction of sp³-hybridized carbons (Fsp3) is 0.562. The molecule has 0 spiro atoms. The molecule has 0 aliphatic heterocycles. The average molecular weight is 268 g/mol. The first kappa shape index (κ1) is 15.8. The maximum absolute atomic E-state index is 13.7. The van der Waals surface area contributed by atoms with Crippen molar-refractivity contribution in [1.82, 2.24) is 0 Å². The molecule has 0 saturated heterocycles. The highest BCUT2D eigenvalue weighted by atomic mass is 19.1. The van der Waals surface area contributed by atoms with Crippen molar-refractivity contribution in [3.63, 3.8) is 0 Å². The van der Waals surface area contributed by atoms with E-state index in [0.29, 0.717) is 0 Å². The van der Waals surface area contributed by atoms with Crippen LogP contribution >= 0.6 is 0 Å². The number of carbonyl (C=O) groups is 1. The molecule has 19 heavy (non-hydrogen) atoms. The first-order valence-corrected chi connectivity index (χ1v) is 6.59. The van der Waals surface area contributed by atoms with E-state index in [-0.39, 0.29) is 34.7 Å². The predicted octanol–water partition coefficient (Wildman–Crippen LogP) is 4.92. The Morgan fingerprint density at radius 3 is 2.32 bits per heavy atom. The minimum Gasteiger partial charge on any atom is -0.294 e. The third kappa shape index (κ3) is 4.73. The van der Waals surface area contributed by atoms with Crippen molar-refractivity contribution in [3.05, 3.63) is 34.9 Å². The summed E-state index contributed by atoms with van der Waals surface area (Å²) in [5.41, 5.74) is 0.206. The number of aryl methyl sites for hydroxylation is 1. The number of benzene rings is 1. The Bertz CT molecular complexity index is 472. The van der Waals surface area contributed by atoms with Crippen LogP contribution in [0.25, 0.3) is 0 Å². The fourth-order valence-electron chi connectivity index (χ4n) is 2.40. The molecule has 1 aromatic carbocycles. The second kappa shape index (κ2) is 5.81. The monoisotopic (exact) mass is 268 g/mol. The molecule has 0 aliphatic carbocycles. The van der Waals surface area contributed by atoms with Gasteiger partial charge >= 0.3 is 0 Å². The number of carbonyl (C=O) groups excluding carboxylic acids is 1. The minimum atomic E-state index is -0.633. The fourth-order valence-corrected chi connectivity index (χ4v) is 2.40. The average Bonchev–Trinajstić information content (AvgIpc) is 2.20. The van der Waals surface area contributed by atoms with Gasteiger partial charge in [0.15, 0.2) is 5.78 Å². The van der Waals surface area contributed by atoms with E-state index in [4.69, 9.17) is 0 Å². The molecular weight excluding hydrogens is 246 g/mol. The second-order valence-corrected chi connectivity index (χ2v) is 6.58. The molecule has 0 saturated carbocycles. The van der Waals surface area contributed by atoms with Crippen molar-refractivity contribution < 1.29 is 13.6 Å². The Kier molecular flexibility index (Phi) is 4.83. The van der Waals surface area contributed by atoms with E-state index in [9.17, 15) is 13.6 Å². The minimum absolute atomic E-state index is 0.122. The van der Waals surface area contributed by atoms with E-state index in [1.807, 2.05) is 6.92 Å². The lowest BCUT2D eigenvalue weighted by Crippen LogP contribution is -2.15. The Hall–Kier alpha value is -1.25. The van der Waals surface area contributed by atoms with Crippen LogP contribution in [0.3, 0.4) is 0 Å². The van der Waals surface area contributed by atoms with Gasteiger partial charge in [0.1, 0.15) is 11.6 Å². The van der Waals surface area contributed by atoms with Crippen molar-refractivity contribution in [2.24, 2.45) is 11.3 Å². The Morgan fingerprint density at radius 2 is 1.79 bits per heavy atom. The van der Waals surface area contributed by atoms with Crippen LogP contribution in [0.2, 0.25) is 0 Å². The molecule has 1 rings (SSSR count). The van der Waals surface area contributed by atoms with Crippen LogP contribution in [0.1, 0.15) is 56.5 Å². The largest absolute Gasteiger partial charge is 0.294 e. The zero-order chi connectivity index (χ0) is 14.8. The molecule has 1 unspecified atom stereocenters. The summed E-state index contributed by atoms with van der Waals surface area (Å²) >= 11 is 0. The first-order chi connectivity index (χ1) is 8.60. The number of rotatable bonds is 4. The predicted molar refractivity (Wildman–Crippen MR) is 73.3 cm³/mol. The van der Waals surface area contributed by atoms with Crippen LogP contribution in [0, 0.1) is 29.9 Å². The summed E-state index contributed by atoms with van der Waals surface area (Å²) < 4.78 is 27.1. The summed E-state index contributed by atoms with van der Waals surface area (Å²) in [6, 6.07) is 2.09. The maximum atomic E-state index is 13.7. The number of ketones is 1. The molecule has 106 valence electrons. The number of halogens is 2. The molecule has 0 fully saturated rings. The zero-order valence-electron chi connectivity index (χ0n) is 12.3. The van der Waals surface area contributed by atoms with Crippen molar-refractivity contribution in [3.8, 4) is 0 Å². The van der Waals surface area contributed by atoms with Gasteiger partial charge in [-0.3, -0.25) is 4.79 Å². The van der Waals surface area contributed by atoms with Gasteiger partial charge in [-0.25, -0.2) is 8.78 Å². The zero-order valence-corrected chi connectivity index (χ0v) is 12.3. The van der Waals surface area contributed by atoms with Gasteiger partial charge in [-0.05, 0) is 42.4 Å². The van der Waals surface area contributed by atoms with E-state index in [1.165, 1.54) is 6.92 Å². The molecule has 0 bridgehead atoms. The highest BCUT2D eigenvalue weighted by Gasteiger charge is 2.21. The van der Waals surface area contributed by atoms with Crippen LogP contribution in [-0.2, 0) is 0 Å². The van der Waals surface area contributed by atoms with E-state index >= 15 is 0 Å². The lowest BCUT2D eigenvalue weighted by atomic mass is 9.83. The van der Waals surface area contributed by atoms with Crippen molar-refractivity contribution in [1.29, 1.82) is 0 Å². The molecule has 1 atom stereocenters. The van der Waals surface area contributed by atoms with Gasteiger partial charge in [-0.2, -0.15) is 0 Å². The molecule has 0 radical (unpaired) electrons. The lowest BCUT2D eigenvalue weighted by molar-refractivity contribution is 0.0950. The highest BCUT2D eigenvalue weighted by molar-refractivity contribution is 5.96. The molecule has 0 aliphatic rings. The molecular formula is C16H22F2O. The quantitative estimate of drug-likeness (QED) is 0.708. The van der Waals surface area contributed by atoms with Gasteiger partial charge in [0.05, 0.1) is 5.56 Å². The third-order valence-electron chi connectivity index (χ3n) is 3.04. The molecule has 1 aromatic rings.